The molecule has 2 aliphatic heterocycles. The second-order valence-electron chi connectivity index (χ2n) is 8.38. The number of fused-ring (bicyclic) bond motifs is 2. The average molecular weight is 447 g/mol. The van der Waals surface area contributed by atoms with Gasteiger partial charge in [-0.1, -0.05) is 67.1 Å². The molecule has 2 aliphatic rings. The summed E-state index contributed by atoms with van der Waals surface area (Å²) in [5.74, 6) is -0.863. The summed E-state index contributed by atoms with van der Waals surface area (Å²) < 4.78 is 0. The minimum Gasteiger partial charge on any atom is -0.382 e. The van der Waals surface area contributed by atoms with Gasteiger partial charge >= 0.3 is 0 Å². The van der Waals surface area contributed by atoms with Gasteiger partial charge in [0.2, 0.25) is 0 Å². The van der Waals surface area contributed by atoms with Gasteiger partial charge in [-0.2, -0.15) is 0 Å². The quantitative estimate of drug-likeness (QED) is 0.548. The first-order valence-electron chi connectivity index (χ1n) is 10.7. The Balaban J connectivity index is 1.62. The molecule has 3 aromatic rings. The highest BCUT2D eigenvalue weighted by Crippen LogP contribution is 2.52. The van der Waals surface area contributed by atoms with Crippen LogP contribution in [0.3, 0.4) is 0 Å². The van der Waals surface area contributed by atoms with Gasteiger partial charge in [-0.15, -0.1) is 0 Å². The monoisotopic (exact) mass is 446 g/mol. The summed E-state index contributed by atoms with van der Waals surface area (Å²) in [6.07, 6.45) is 0.267. The Morgan fingerprint density at radius 3 is 2.44 bits per heavy atom. The van der Waals surface area contributed by atoms with Gasteiger partial charge in [-0.3, -0.25) is 14.5 Å². The SMILES string of the molecule is CCC1(N2C(=O)C(O)(CC(=O)c3ccccc3Cl)c3ccccc32)CNc2ccccc21. The number of para-hydroxylation sites is 2. The van der Waals surface area contributed by atoms with Gasteiger partial charge in [0.25, 0.3) is 5.91 Å². The maximum Gasteiger partial charge on any atom is 0.265 e. The van der Waals surface area contributed by atoms with E-state index in [1.807, 2.05) is 43.3 Å². The van der Waals surface area contributed by atoms with Gasteiger partial charge < -0.3 is 10.4 Å². The van der Waals surface area contributed by atoms with Gasteiger partial charge in [-0.05, 0) is 30.7 Å². The summed E-state index contributed by atoms with van der Waals surface area (Å²) in [7, 11) is 0. The molecule has 0 aromatic heterocycles. The van der Waals surface area contributed by atoms with Crippen molar-refractivity contribution in [2.75, 3.05) is 16.8 Å². The smallest absolute Gasteiger partial charge is 0.265 e. The maximum atomic E-state index is 14.0. The molecular weight excluding hydrogens is 424 g/mol. The zero-order valence-corrected chi connectivity index (χ0v) is 18.4. The molecule has 2 N–H and O–H groups in total. The number of hydrogen-bond donors (Lipinski definition) is 2. The van der Waals surface area contributed by atoms with E-state index in [-0.39, 0.29) is 12.2 Å². The number of benzene rings is 3. The number of anilines is 2. The van der Waals surface area contributed by atoms with Gasteiger partial charge in [-0.25, -0.2) is 0 Å². The summed E-state index contributed by atoms with van der Waals surface area (Å²) in [4.78, 5) is 28.8. The van der Waals surface area contributed by atoms with Crippen molar-refractivity contribution in [3.05, 3.63) is 94.5 Å². The largest absolute Gasteiger partial charge is 0.382 e. The summed E-state index contributed by atoms with van der Waals surface area (Å²) in [6.45, 7) is 2.56. The third kappa shape index (κ3) is 2.81. The number of halogens is 1. The van der Waals surface area contributed by atoms with Crippen LogP contribution in [0.2, 0.25) is 5.02 Å². The van der Waals surface area contributed by atoms with Gasteiger partial charge in [0, 0.05) is 28.9 Å². The third-order valence-corrected chi connectivity index (χ3v) is 7.08. The van der Waals surface area contributed by atoms with Crippen LogP contribution in [0.4, 0.5) is 11.4 Å². The van der Waals surface area contributed by atoms with E-state index >= 15 is 0 Å². The Hall–Kier alpha value is -3.15. The number of carbonyl (C=O) groups is 2. The highest BCUT2D eigenvalue weighted by Gasteiger charge is 2.58. The van der Waals surface area contributed by atoms with Crippen molar-refractivity contribution >= 4 is 34.7 Å². The predicted molar refractivity (Wildman–Crippen MR) is 125 cm³/mol. The van der Waals surface area contributed by atoms with Crippen molar-refractivity contribution < 1.29 is 14.7 Å². The van der Waals surface area contributed by atoms with Gasteiger partial charge in [0.1, 0.15) is 0 Å². The van der Waals surface area contributed by atoms with Crippen molar-refractivity contribution in [3.63, 3.8) is 0 Å². The predicted octanol–water partition coefficient (Wildman–Crippen LogP) is 4.88. The van der Waals surface area contributed by atoms with Crippen molar-refractivity contribution in [2.24, 2.45) is 0 Å². The number of hydrogen-bond acceptors (Lipinski definition) is 4. The van der Waals surface area contributed by atoms with Crippen molar-refractivity contribution in [1.29, 1.82) is 0 Å². The summed E-state index contributed by atoms with van der Waals surface area (Å²) >= 11 is 6.21. The van der Waals surface area contributed by atoms with Crippen molar-refractivity contribution in [2.45, 2.75) is 30.9 Å². The number of nitrogens with zero attached hydrogens (tertiary/aromatic N) is 1. The van der Waals surface area contributed by atoms with Crippen LogP contribution in [-0.2, 0) is 15.9 Å². The number of Topliss-reactive ketones (excluding diaryl/α,β-unsaturated/α-hetero) is 1. The number of nitrogens with one attached hydrogen (secondary N) is 1. The van der Waals surface area contributed by atoms with E-state index in [1.54, 1.807) is 41.3 Å². The van der Waals surface area contributed by atoms with E-state index in [0.717, 1.165) is 11.3 Å². The fourth-order valence-electron chi connectivity index (χ4n) is 5.09. The number of carbonyl (C=O) groups excluding carboxylic acids is 2. The van der Waals surface area contributed by atoms with E-state index in [4.69, 9.17) is 11.6 Å². The number of amides is 1. The molecule has 2 unspecified atom stereocenters. The minimum absolute atomic E-state index is 0.296. The molecule has 5 rings (SSSR count). The Bertz CT molecular complexity index is 1240. The lowest BCUT2D eigenvalue weighted by Crippen LogP contribution is -2.53. The first-order valence-corrected chi connectivity index (χ1v) is 11.1. The van der Waals surface area contributed by atoms with Crippen LogP contribution in [0.5, 0.6) is 0 Å². The number of aliphatic hydroxyl groups is 1. The van der Waals surface area contributed by atoms with E-state index in [0.29, 0.717) is 34.8 Å². The molecule has 2 heterocycles. The standard InChI is InChI=1S/C26H23ClN2O3/c1-2-25(16-28-21-13-7-4-10-18(21)25)29-22-14-8-5-11-19(22)26(32,24(29)31)15-23(30)17-9-3-6-12-20(17)27/h3-14,28,32H,2,15-16H2,1H3. The molecule has 0 saturated carbocycles. The van der Waals surface area contributed by atoms with E-state index in [1.165, 1.54) is 0 Å². The van der Waals surface area contributed by atoms with Crippen molar-refractivity contribution in [3.8, 4) is 0 Å². The van der Waals surface area contributed by atoms with Crippen LogP contribution < -0.4 is 10.2 Å². The zero-order chi connectivity index (χ0) is 22.5. The second-order valence-corrected chi connectivity index (χ2v) is 8.79. The summed E-state index contributed by atoms with van der Waals surface area (Å²) in [6, 6.07) is 21.8. The van der Waals surface area contributed by atoms with Crippen LogP contribution in [0.1, 0.15) is 41.3 Å². The molecule has 5 nitrogen and oxygen atoms in total. The lowest BCUT2D eigenvalue weighted by molar-refractivity contribution is -0.137. The van der Waals surface area contributed by atoms with Gasteiger partial charge in [0.15, 0.2) is 11.4 Å². The molecule has 0 aliphatic carbocycles. The molecule has 3 aromatic carbocycles. The average Bonchev–Trinajstić information content (AvgIpc) is 3.28. The molecule has 0 saturated heterocycles. The lowest BCUT2D eigenvalue weighted by Gasteiger charge is -2.39. The van der Waals surface area contributed by atoms with E-state index in [2.05, 4.69) is 5.32 Å². The maximum absolute atomic E-state index is 14.0. The molecule has 0 fully saturated rings. The summed E-state index contributed by atoms with van der Waals surface area (Å²) in [5, 5.41) is 15.5. The van der Waals surface area contributed by atoms with Crippen LogP contribution in [0.15, 0.2) is 72.8 Å². The molecular formula is C26H23ClN2O3. The Kier molecular flexibility index (Phi) is 4.84. The highest BCUT2D eigenvalue weighted by atomic mass is 35.5. The fraction of sp³-hybridized carbons (Fsp3) is 0.231. The van der Waals surface area contributed by atoms with Crippen molar-refractivity contribution in [1.82, 2.24) is 0 Å². The van der Waals surface area contributed by atoms with E-state index < -0.39 is 17.0 Å². The van der Waals surface area contributed by atoms with Gasteiger partial charge in [0.05, 0.1) is 22.7 Å². The molecule has 0 bridgehead atoms. The third-order valence-electron chi connectivity index (χ3n) is 6.75. The second kappa shape index (κ2) is 7.47. The van der Waals surface area contributed by atoms with Crippen LogP contribution in [0.25, 0.3) is 0 Å². The molecule has 162 valence electrons. The Labute approximate surface area is 191 Å². The van der Waals surface area contributed by atoms with E-state index in [9.17, 15) is 14.7 Å². The van der Waals surface area contributed by atoms with Crippen LogP contribution >= 0.6 is 11.6 Å². The molecule has 2 atom stereocenters. The normalized spacial score (nSPS) is 23.6. The first kappa shape index (κ1) is 20.7. The lowest BCUT2D eigenvalue weighted by atomic mass is 9.86. The minimum atomic E-state index is -1.97. The Morgan fingerprint density at radius 1 is 1.03 bits per heavy atom. The topological polar surface area (TPSA) is 69.6 Å². The fourth-order valence-corrected chi connectivity index (χ4v) is 5.33. The number of ketones is 1. The van der Waals surface area contributed by atoms with Crippen LogP contribution in [0, 0.1) is 0 Å². The summed E-state index contributed by atoms with van der Waals surface area (Å²) in [5.41, 5.74) is 0.725. The molecule has 32 heavy (non-hydrogen) atoms. The zero-order valence-electron chi connectivity index (χ0n) is 17.6. The first-order chi connectivity index (χ1) is 15.4. The number of rotatable bonds is 5. The molecule has 1 amide bonds. The van der Waals surface area contributed by atoms with Crippen LogP contribution in [-0.4, -0.2) is 23.3 Å². The highest BCUT2D eigenvalue weighted by molar-refractivity contribution is 6.34. The molecule has 0 spiro atoms. The molecule has 6 heteroatoms. The Morgan fingerprint density at radius 2 is 1.69 bits per heavy atom. The molecule has 0 radical (unpaired) electrons.